The number of methoxy groups -OCH3 is 1. The molecule has 1 aromatic rings. The number of rotatable bonds is 4. The van der Waals surface area contributed by atoms with Gasteiger partial charge in [0.2, 0.25) is 0 Å². The molecule has 0 radical (unpaired) electrons. The molecule has 5 heteroatoms. The molecule has 17 heavy (non-hydrogen) atoms. The standard InChI is InChI=1S/C12H13NO4/c1-8(14)12(5-6-12)10-7-9(17-2)3-4-11(10)13(15)16/h3-4,7H,5-6H2,1-2H3. The normalized spacial score (nSPS) is 16.4. The van der Waals surface area contributed by atoms with Crippen LogP contribution in [0.2, 0.25) is 0 Å². The lowest BCUT2D eigenvalue weighted by molar-refractivity contribution is -0.385. The number of Topliss-reactive ketones (excluding diaryl/α,β-unsaturated/α-hetero) is 1. The molecule has 1 aliphatic rings. The van der Waals surface area contributed by atoms with E-state index in [2.05, 4.69) is 0 Å². The van der Waals surface area contributed by atoms with Gasteiger partial charge in [0, 0.05) is 11.6 Å². The summed E-state index contributed by atoms with van der Waals surface area (Å²) < 4.78 is 5.06. The lowest BCUT2D eigenvalue weighted by Crippen LogP contribution is -2.18. The summed E-state index contributed by atoms with van der Waals surface area (Å²) in [4.78, 5) is 22.2. The van der Waals surface area contributed by atoms with E-state index in [-0.39, 0.29) is 11.5 Å². The van der Waals surface area contributed by atoms with E-state index in [4.69, 9.17) is 4.74 Å². The highest BCUT2D eigenvalue weighted by molar-refractivity contribution is 5.92. The molecular weight excluding hydrogens is 222 g/mol. The number of carbonyl (C=O) groups is 1. The van der Waals surface area contributed by atoms with E-state index in [9.17, 15) is 14.9 Å². The fourth-order valence-corrected chi connectivity index (χ4v) is 2.12. The number of carbonyl (C=O) groups excluding carboxylic acids is 1. The predicted molar refractivity (Wildman–Crippen MR) is 61.2 cm³/mol. The van der Waals surface area contributed by atoms with Gasteiger partial charge in [-0.15, -0.1) is 0 Å². The lowest BCUT2D eigenvalue weighted by Gasteiger charge is -2.13. The molecule has 0 bridgehead atoms. The highest BCUT2D eigenvalue weighted by atomic mass is 16.6. The highest BCUT2D eigenvalue weighted by Crippen LogP contribution is 2.52. The quantitative estimate of drug-likeness (QED) is 0.592. The minimum absolute atomic E-state index is 0.00139. The molecule has 0 aliphatic heterocycles. The Kier molecular flexibility index (Phi) is 2.61. The first-order valence-electron chi connectivity index (χ1n) is 5.35. The SMILES string of the molecule is COc1ccc([N+](=O)[O-])c(C2(C(C)=O)CC2)c1. The van der Waals surface area contributed by atoms with Crippen LogP contribution in [0.25, 0.3) is 0 Å². The Labute approximate surface area is 98.5 Å². The number of nitro benzene ring substituents is 1. The van der Waals surface area contributed by atoms with Crippen molar-refractivity contribution in [1.29, 1.82) is 0 Å². The van der Waals surface area contributed by atoms with Crippen molar-refractivity contribution in [2.24, 2.45) is 0 Å². The van der Waals surface area contributed by atoms with Gasteiger partial charge in [-0.1, -0.05) is 0 Å². The third-order valence-electron chi connectivity index (χ3n) is 3.34. The molecule has 1 fully saturated rings. The van der Waals surface area contributed by atoms with Gasteiger partial charge in [-0.3, -0.25) is 14.9 Å². The number of benzene rings is 1. The van der Waals surface area contributed by atoms with Gasteiger partial charge >= 0.3 is 0 Å². The van der Waals surface area contributed by atoms with Crippen molar-refractivity contribution in [3.8, 4) is 5.75 Å². The fraction of sp³-hybridized carbons (Fsp3) is 0.417. The van der Waals surface area contributed by atoms with Crippen LogP contribution in [0.4, 0.5) is 5.69 Å². The molecule has 5 nitrogen and oxygen atoms in total. The maximum absolute atomic E-state index is 11.6. The molecule has 1 saturated carbocycles. The van der Waals surface area contributed by atoms with Crippen molar-refractivity contribution in [3.63, 3.8) is 0 Å². The van der Waals surface area contributed by atoms with Gasteiger partial charge in [0.25, 0.3) is 5.69 Å². The number of ketones is 1. The summed E-state index contributed by atoms with van der Waals surface area (Å²) in [6, 6.07) is 4.54. The van der Waals surface area contributed by atoms with Crippen LogP contribution in [0.3, 0.4) is 0 Å². The molecule has 0 heterocycles. The summed E-state index contributed by atoms with van der Waals surface area (Å²) in [6.07, 6.45) is 1.35. The first-order chi connectivity index (χ1) is 8.01. The summed E-state index contributed by atoms with van der Waals surface area (Å²) in [7, 11) is 1.50. The molecular formula is C12H13NO4. The largest absolute Gasteiger partial charge is 0.497 e. The monoisotopic (exact) mass is 235 g/mol. The Morgan fingerprint density at radius 2 is 2.12 bits per heavy atom. The molecule has 0 spiro atoms. The molecule has 2 rings (SSSR count). The van der Waals surface area contributed by atoms with E-state index in [0.29, 0.717) is 24.2 Å². The molecule has 0 atom stereocenters. The predicted octanol–water partition coefficient (Wildman–Crippen LogP) is 2.22. The van der Waals surface area contributed by atoms with Gasteiger partial charge in [0.15, 0.2) is 0 Å². The van der Waals surface area contributed by atoms with Crippen LogP contribution in [-0.2, 0) is 10.2 Å². The second kappa shape index (κ2) is 3.84. The van der Waals surface area contributed by atoms with Crippen molar-refractivity contribution in [2.45, 2.75) is 25.2 Å². The minimum Gasteiger partial charge on any atom is -0.497 e. The van der Waals surface area contributed by atoms with Gasteiger partial charge in [-0.25, -0.2) is 0 Å². The van der Waals surface area contributed by atoms with Crippen LogP contribution < -0.4 is 4.74 Å². The first kappa shape index (κ1) is 11.6. The molecule has 1 aromatic carbocycles. The zero-order valence-corrected chi connectivity index (χ0v) is 9.73. The van der Waals surface area contributed by atoms with Crippen LogP contribution in [0, 0.1) is 10.1 Å². The molecule has 0 N–H and O–H groups in total. The van der Waals surface area contributed by atoms with Crippen LogP contribution in [-0.4, -0.2) is 17.8 Å². The van der Waals surface area contributed by atoms with Crippen LogP contribution >= 0.6 is 0 Å². The number of nitrogens with zero attached hydrogens (tertiary/aromatic N) is 1. The Bertz CT molecular complexity index is 491. The van der Waals surface area contributed by atoms with Gasteiger partial charge in [-0.05, 0) is 31.9 Å². The van der Waals surface area contributed by atoms with Gasteiger partial charge in [0.1, 0.15) is 11.5 Å². The van der Waals surface area contributed by atoms with Crippen molar-refractivity contribution in [3.05, 3.63) is 33.9 Å². The number of ether oxygens (including phenoxy) is 1. The second-order valence-corrected chi connectivity index (χ2v) is 4.28. The van der Waals surface area contributed by atoms with Gasteiger partial charge in [0.05, 0.1) is 17.4 Å². The first-order valence-corrected chi connectivity index (χ1v) is 5.35. The van der Waals surface area contributed by atoms with E-state index in [1.54, 1.807) is 6.07 Å². The van der Waals surface area contributed by atoms with Crippen molar-refractivity contribution in [2.75, 3.05) is 7.11 Å². The van der Waals surface area contributed by atoms with Crippen LogP contribution in [0.5, 0.6) is 5.75 Å². The zero-order valence-electron chi connectivity index (χ0n) is 9.73. The summed E-state index contributed by atoms with van der Waals surface area (Å²) in [5.74, 6) is 0.520. The third-order valence-corrected chi connectivity index (χ3v) is 3.34. The lowest BCUT2D eigenvalue weighted by atomic mass is 9.90. The number of hydrogen-bond donors (Lipinski definition) is 0. The van der Waals surface area contributed by atoms with E-state index in [1.807, 2.05) is 0 Å². The Morgan fingerprint density at radius 1 is 1.47 bits per heavy atom. The highest BCUT2D eigenvalue weighted by Gasteiger charge is 2.52. The van der Waals surface area contributed by atoms with E-state index in [0.717, 1.165) is 0 Å². The zero-order chi connectivity index (χ0) is 12.6. The average Bonchev–Trinajstić information content (AvgIpc) is 3.09. The topological polar surface area (TPSA) is 69.4 Å². The maximum atomic E-state index is 11.6. The van der Waals surface area contributed by atoms with Crippen molar-refractivity contribution in [1.82, 2.24) is 0 Å². The molecule has 1 aliphatic carbocycles. The molecule has 0 amide bonds. The third kappa shape index (κ3) is 1.77. The molecule has 90 valence electrons. The molecule has 0 aromatic heterocycles. The molecule has 0 saturated heterocycles. The fourth-order valence-electron chi connectivity index (χ4n) is 2.12. The van der Waals surface area contributed by atoms with E-state index >= 15 is 0 Å². The number of hydrogen-bond acceptors (Lipinski definition) is 4. The van der Waals surface area contributed by atoms with Crippen LogP contribution in [0.15, 0.2) is 18.2 Å². The van der Waals surface area contributed by atoms with Gasteiger partial charge in [-0.2, -0.15) is 0 Å². The Hall–Kier alpha value is -1.91. The maximum Gasteiger partial charge on any atom is 0.273 e. The summed E-state index contributed by atoms with van der Waals surface area (Å²) in [5, 5.41) is 11.0. The number of nitro groups is 1. The molecule has 0 unspecified atom stereocenters. The van der Waals surface area contributed by atoms with Gasteiger partial charge < -0.3 is 4.74 Å². The van der Waals surface area contributed by atoms with E-state index < -0.39 is 10.3 Å². The van der Waals surface area contributed by atoms with Crippen molar-refractivity contribution >= 4 is 11.5 Å². The van der Waals surface area contributed by atoms with Crippen LogP contribution in [0.1, 0.15) is 25.3 Å². The van der Waals surface area contributed by atoms with Crippen molar-refractivity contribution < 1.29 is 14.5 Å². The summed E-state index contributed by atoms with van der Waals surface area (Å²) in [5.41, 5.74) is -0.176. The second-order valence-electron chi connectivity index (χ2n) is 4.28. The summed E-state index contributed by atoms with van der Waals surface area (Å²) >= 11 is 0. The smallest absolute Gasteiger partial charge is 0.273 e. The minimum atomic E-state index is -0.656. The Balaban J connectivity index is 2.57. The average molecular weight is 235 g/mol. The Morgan fingerprint density at radius 3 is 2.53 bits per heavy atom. The summed E-state index contributed by atoms with van der Waals surface area (Å²) in [6.45, 7) is 1.48. The van der Waals surface area contributed by atoms with E-state index in [1.165, 1.54) is 26.2 Å².